The second-order valence-electron chi connectivity index (χ2n) is 6.97. The monoisotopic (exact) mass is 420 g/mol. The number of rotatable bonds is 5. The highest BCUT2D eigenvalue weighted by atomic mass is 16.6. The SMILES string of the molecule is CC1(C)NC(=O)N(CC(=O)OCC(=O)NC(=O)Nc2ccc3c(c2)OCCO3)C1=O. The number of amides is 6. The van der Waals surface area contributed by atoms with E-state index in [0.717, 1.165) is 0 Å². The summed E-state index contributed by atoms with van der Waals surface area (Å²) in [5, 5.41) is 6.84. The molecular weight excluding hydrogens is 400 g/mol. The Balaban J connectivity index is 1.43. The Labute approximate surface area is 170 Å². The van der Waals surface area contributed by atoms with Crippen molar-refractivity contribution in [1.82, 2.24) is 15.5 Å². The van der Waals surface area contributed by atoms with Gasteiger partial charge in [0.05, 0.1) is 0 Å². The number of urea groups is 2. The zero-order valence-corrected chi connectivity index (χ0v) is 16.3. The van der Waals surface area contributed by atoms with Gasteiger partial charge in [0.25, 0.3) is 11.8 Å². The van der Waals surface area contributed by atoms with Gasteiger partial charge in [-0.15, -0.1) is 0 Å². The molecule has 1 saturated heterocycles. The summed E-state index contributed by atoms with van der Waals surface area (Å²) < 4.78 is 15.5. The van der Waals surface area contributed by atoms with E-state index < -0.39 is 48.5 Å². The molecule has 12 nitrogen and oxygen atoms in total. The number of carbonyl (C=O) groups excluding carboxylic acids is 5. The third kappa shape index (κ3) is 4.77. The number of benzene rings is 1. The van der Waals surface area contributed by atoms with E-state index in [0.29, 0.717) is 35.3 Å². The number of esters is 1. The minimum atomic E-state index is -1.12. The number of ether oxygens (including phenoxy) is 3. The summed E-state index contributed by atoms with van der Waals surface area (Å²) >= 11 is 0. The highest BCUT2D eigenvalue weighted by molar-refractivity contribution is 6.08. The number of carbonyl (C=O) groups is 5. The Morgan fingerprint density at radius 3 is 2.53 bits per heavy atom. The Morgan fingerprint density at radius 1 is 1.17 bits per heavy atom. The van der Waals surface area contributed by atoms with Crippen molar-refractivity contribution < 1.29 is 38.2 Å². The van der Waals surface area contributed by atoms with Crippen molar-refractivity contribution in [2.45, 2.75) is 19.4 Å². The summed E-state index contributed by atoms with van der Waals surface area (Å²) in [4.78, 5) is 59.9. The average molecular weight is 420 g/mol. The summed E-state index contributed by atoms with van der Waals surface area (Å²) in [5.41, 5.74) is -0.761. The number of hydrogen-bond donors (Lipinski definition) is 3. The molecule has 0 atom stereocenters. The van der Waals surface area contributed by atoms with E-state index in [1.807, 2.05) is 5.32 Å². The molecule has 0 radical (unpaired) electrons. The molecule has 2 aliphatic heterocycles. The molecule has 0 aromatic heterocycles. The topological polar surface area (TPSA) is 152 Å². The third-order valence-electron chi connectivity index (χ3n) is 4.15. The molecule has 2 aliphatic rings. The molecule has 6 amide bonds. The molecular formula is C18H20N4O8. The van der Waals surface area contributed by atoms with Gasteiger partial charge in [-0.3, -0.25) is 24.6 Å². The summed E-state index contributed by atoms with van der Waals surface area (Å²) in [6.07, 6.45) is 0. The molecule has 12 heteroatoms. The van der Waals surface area contributed by atoms with Crippen LogP contribution in [0, 0.1) is 0 Å². The summed E-state index contributed by atoms with van der Waals surface area (Å²) in [7, 11) is 0. The largest absolute Gasteiger partial charge is 0.486 e. The standard InChI is InChI=1S/C18H20N4O8/c1-18(2)15(25)22(17(27)21-18)8-14(24)30-9-13(23)20-16(26)19-10-3-4-11-12(7-10)29-6-5-28-11/h3-4,7H,5-6,8-9H2,1-2H3,(H,21,27)(H2,19,20,23,26). The highest BCUT2D eigenvalue weighted by Crippen LogP contribution is 2.32. The number of nitrogens with zero attached hydrogens (tertiary/aromatic N) is 1. The molecule has 0 saturated carbocycles. The Hall–Kier alpha value is -3.83. The molecule has 0 unspecified atom stereocenters. The van der Waals surface area contributed by atoms with Gasteiger partial charge in [0, 0.05) is 11.8 Å². The van der Waals surface area contributed by atoms with Gasteiger partial charge in [0.1, 0.15) is 25.3 Å². The first kappa shape index (κ1) is 20.9. The molecule has 1 aromatic rings. The molecule has 3 rings (SSSR count). The van der Waals surface area contributed by atoms with Crippen molar-refractivity contribution in [3.63, 3.8) is 0 Å². The van der Waals surface area contributed by atoms with Crippen LogP contribution in [0.25, 0.3) is 0 Å². The van der Waals surface area contributed by atoms with E-state index in [-0.39, 0.29) is 0 Å². The molecule has 0 spiro atoms. The first-order valence-electron chi connectivity index (χ1n) is 8.96. The lowest BCUT2D eigenvalue weighted by atomic mass is 10.1. The summed E-state index contributed by atoms with van der Waals surface area (Å²) in [6, 6.07) is 3.15. The minimum absolute atomic E-state index is 0.364. The van der Waals surface area contributed by atoms with Crippen LogP contribution in [0.4, 0.5) is 15.3 Å². The van der Waals surface area contributed by atoms with Crippen molar-refractivity contribution in [3.8, 4) is 11.5 Å². The lowest BCUT2D eigenvalue weighted by molar-refractivity contribution is -0.150. The second kappa shape index (κ2) is 8.27. The quantitative estimate of drug-likeness (QED) is 0.444. The van der Waals surface area contributed by atoms with Gasteiger partial charge in [-0.05, 0) is 26.0 Å². The Morgan fingerprint density at radius 2 is 1.87 bits per heavy atom. The van der Waals surface area contributed by atoms with Gasteiger partial charge in [-0.1, -0.05) is 0 Å². The second-order valence-corrected chi connectivity index (χ2v) is 6.97. The maximum atomic E-state index is 12.0. The van der Waals surface area contributed by atoms with Crippen molar-refractivity contribution in [3.05, 3.63) is 18.2 Å². The van der Waals surface area contributed by atoms with Crippen LogP contribution in [0.5, 0.6) is 11.5 Å². The van der Waals surface area contributed by atoms with Crippen LogP contribution in [-0.4, -0.2) is 66.7 Å². The summed E-state index contributed by atoms with van der Waals surface area (Å²) in [5.74, 6) is -1.45. The summed E-state index contributed by atoms with van der Waals surface area (Å²) in [6.45, 7) is 2.39. The minimum Gasteiger partial charge on any atom is -0.486 e. The fourth-order valence-corrected chi connectivity index (χ4v) is 2.73. The predicted octanol–water partition coefficient (Wildman–Crippen LogP) is -0.0205. The smallest absolute Gasteiger partial charge is 0.326 e. The Bertz CT molecular complexity index is 913. The number of anilines is 1. The molecule has 1 fully saturated rings. The van der Waals surface area contributed by atoms with Gasteiger partial charge in [-0.25, -0.2) is 9.59 Å². The van der Waals surface area contributed by atoms with E-state index in [1.165, 1.54) is 19.9 Å². The van der Waals surface area contributed by atoms with Crippen LogP contribution >= 0.6 is 0 Å². The molecule has 1 aromatic carbocycles. The highest BCUT2D eigenvalue weighted by Gasteiger charge is 2.45. The Kier molecular flexibility index (Phi) is 5.76. The van der Waals surface area contributed by atoms with Crippen LogP contribution in [0.2, 0.25) is 0 Å². The van der Waals surface area contributed by atoms with Gasteiger partial charge in [-0.2, -0.15) is 0 Å². The van der Waals surface area contributed by atoms with Crippen LogP contribution in [0.15, 0.2) is 18.2 Å². The predicted molar refractivity (Wildman–Crippen MR) is 99.9 cm³/mol. The normalized spacial score (nSPS) is 16.5. The number of hydrogen-bond acceptors (Lipinski definition) is 8. The maximum Gasteiger partial charge on any atom is 0.326 e. The van der Waals surface area contributed by atoms with Crippen LogP contribution in [0.1, 0.15) is 13.8 Å². The first-order chi connectivity index (χ1) is 14.2. The van der Waals surface area contributed by atoms with Gasteiger partial charge in [0.15, 0.2) is 18.1 Å². The zero-order chi connectivity index (χ0) is 21.9. The zero-order valence-electron chi connectivity index (χ0n) is 16.3. The van der Waals surface area contributed by atoms with Crippen LogP contribution < -0.4 is 25.4 Å². The van der Waals surface area contributed by atoms with Crippen LogP contribution in [-0.2, 0) is 19.1 Å². The molecule has 30 heavy (non-hydrogen) atoms. The molecule has 160 valence electrons. The number of imide groups is 2. The lowest BCUT2D eigenvalue weighted by Gasteiger charge is -2.19. The molecule has 0 bridgehead atoms. The van der Waals surface area contributed by atoms with E-state index in [4.69, 9.17) is 14.2 Å². The number of nitrogens with one attached hydrogen (secondary N) is 3. The van der Waals surface area contributed by atoms with Crippen molar-refractivity contribution in [1.29, 1.82) is 0 Å². The van der Waals surface area contributed by atoms with Crippen molar-refractivity contribution >= 4 is 35.5 Å². The van der Waals surface area contributed by atoms with Crippen LogP contribution in [0.3, 0.4) is 0 Å². The van der Waals surface area contributed by atoms with Crippen molar-refractivity contribution in [2.24, 2.45) is 0 Å². The molecule has 2 heterocycles. The van der Waals surface area contributed by atoms with Gasteiger partial charge in [0.2, 0.25) is 0 Å². The van der Waals surface area contributed by atoms with E-state index in [2.05, 4.69) is 10.6 Å². The lowest BCUT2D eigenvalue weighted by Crippen LogP contribution is -2.42. The average Bonchev–Trinajstić information content (AvgIpc) is 2.87. The first-order valence-corrected chi connectivity index (χ1v) is 8.96. The van der Waals surface area contributed by atoms with Gasteiger partial charge >= 0.3 is 18.0 Å². The number of fused-ring (bicyclic) bond motifs is 1. The fourth-order valence-electron chi connectivity index (χ4n) is 2.73. The van der Waals surface area contributed by atoms with Gasteiger partial charge < -0.3 is 24.8 Å². The molecule has 0 aliphatic carbocycles. The fraction of sp³-hybridized carbons (Fsp3) is 0.389. The van der Waals surface area contributed by atoms with E-state index >= 15 is 0 Å². The molecule has 3 N–H and O–H groups in total. The third-order valence-corrected chi connectivity index (χ3v) is 4.15. The van der Waals surface area contributed by atoms with E-state index in [9.17, 15) is 24.0 Å². The van der Waals surface area contributed by atoms with E-state index in [1.54, 1.807) is 12.1 Å². The van der Waals surface area contributed by atoms with Crippen molar-refractivity contribution in [2.75, 3.05) is 31.7 Å². The maximum absolute atomic E-state index is 12.0.